The molecular formula is C21H31N5O2. The number of likely N-dealkylation sites (tertiary alicyclic amines) is 1. The van der Waals surface area contributed by atoms with Gasteiger partial charge in [-0.25, -0.2) is 0 Å². The maximum absolute atomic E-state index is 11.9. The number of carbonyl (C=O) groups is 1. The zero-order valence-electron chi connectivity index (χ0n) is 16.9. The number of rotatable bonds is 5. The van der Waals surface area contributed by atoms with Crippen LogP contribution in [0.5, 0.6) is 6.01 Å². The first kappa shape index (κ1) is 19.2. The van der Waals surface area contributed by atoms with Crippen molar-refractivity contribution in [1.82, 2.24) is 19.8 Å². The third-order valence-electron chi connectivity index (χ3n) is 6.28. The van der Waals surface area contributed by atoms with Gasteiger partial charge in [-0.2, -0.15) is 9.97 Å². The molecule has 2 fully saturated rings. The van der Waals surface area contributed by atoms with Crippen molar-refractivity contribution >= 4 is 11.7 Å². The maximum Gasteiger partial charge on any atom is 0.318 e. The third-order valence-corrected chi connectivity index (χ3v) is 6.28. The Morgan fingerprint density at radius 1 is 1.14 bits per heavy atom. The normalized spacial score (nSPS) is 22.8. The Morgan fingerprint density at radius 2 is 1.93 bits per heavy atom. The fourth-order valence-corrected chi connectivity index (χ4v) is 4.51. The molecule has 28 heavy (non-hydrogen) atoms. The van der Waals surface area contributed by atoms with Gasteiger partial charge in [-0.1, -0.05) is 6.58 Å². The van der Waals surface area contributed by atoms with Crippen molar-refractivity contribution in [3.63, 3.8) is 0 Å². The first-order valence-corrected chi connectivity index (χ1v) is 10.5. The molecule has 1 aliphatic carbocycles. The van der Waals surface area contributed by atoms with Crippen LogP contribution in [0.3, 0.4) is 0 Å². The minimum absolute atomic E-state index is 0.00840. The van der Waals surface area contributed by atoms with Crippen LogP contribution in [0.25, 0.3) is 0 Å². The van der Waals surface area contributed by atoms with Gasteiger partial charge >= 0.3 is 6.01 Å². The summed E-state index contributed by atoms with van der Waals surface area (Å²) in [7, 11) is 2.16. The van der Waals surface area contributed by atoms with E-state index in [1.807, 2.05) is 4.90 Å². The Labute approximate surface area is 167 Å². The lowest BCUT2D eigenvalue weighted by Gasteiger charge is -2.36. The predicted octanol–water partition coefficient (Wildman–Crippen LogP) is 1.66. The largest absolute Gasteiger partial charge is 0.462 e. The van der Waals surface area contributed by atoms with E-state index < -0.39 is 0 Å². The molecule has 3 aliphatic rings. The lowest BCUT2D eigenvalue weighted by atomic mass is 9.96. The molecule has 4 rings (SSSR count). The van der Waals surface area contributed by atoms with E-state index >= 15 is 0 Å². The lowest BCUT2D eigenvalue weighted by molar-refractivity contribution is -0.126. The first-order chi connectivity index (χ1) is 13.7. The van der Waals surface area contributed by atoms with Gasteiger partial charge in [0, 0.05) is 37.8 Å². The van der Waals surface area contributed by atoms with Crippen molar-refractivity contribution < 1.29 is 9.53 Å². The molecule has 3 heterocycles. The summed E-state index contributed by atoms with van der Waals surface area (Å²) in [5.41, 5.74) is 2.43. The average Bonchev–Trinajstić information content (AvgIpc) is 3.16. The highest BCUT2D eigenvalue weighted by molar-refractivity contribution is 5.87. The Kier molecular flexibility index (Phi) is 5.80. The minimum atomic E-state index is 0.00840. The molecule has 1 unspecified atom stereocenters. The minimum Gasteiger partial charge on any atom is -0.462 e. The highest BCUT2D eigenvalue weighted by Crippen LogP contribution is 2.30. The van der Waals surface area contributed by atoms with E-state index in [4.69, 9.17) is 14.7 Å². The van der Waals surface area contributed by atoms with E-state index in [-0.39, 0.29) is 5.91 Å². The van der Waals surface area contributed by atoms with E-state index in [9.17, 15) is 4.79 Å². The van der Waals surface area contributed by atoms with Crippen molar-refractivity contribution in [2.75, 3.05) is 51.3 Å². The van der Waals surface area contributed by atoms with Crippen LogP contribution in [-0.4, -0.2) is 78.1 Å². The summed E-state index contributed by atoms with van der Waals surface area (Å²) in [5.74, 6) is 1.03. The van der Waals surface area contributed by atoms with Crippen LogP contribution in [0.1, 0.15) is 36.9 Å². The molecule has 1 aromatic rings. The quantitative estimate of drug-likeness (QED) is 0.719. The monoisotopic (exact) mass is 385 g/mol. The fourth-order valence-electron chi connectivity index (χ4n) is 4.51. The standard InChI is InChI=1S/C21H31N5O2/c1-3-19(27)25-11-13-26(14-12-25)20-17-8-4-5-9-18(17)22-21(23-20)28-15-16-7-6-10-24(16)2/h3,16H,1,4-15H2,2H3. The summed E-state index contributed by atoms with van der Waals surface area (Å²) in [5, 5.41) is 0. The molecule has 0 saturated carbocycles. The summed E-state index contributed by atoms with van der Waals surface area (Å²) < 4.78 is 6.07. The van der Waals surface area contributed by atoms with E-state index in [1.54, 1.807) is 0 Å². The number of anilines is 1. The van der Waals surface area contributed by atoms with Gasteiger partial charge < -0.3 is 19.4 Å². The number of piperazine rings is 1. The molecule has 7 heteroatoms. The summed E-state index contributed by atoms with van der Waals surface area (Å²) in [6.07, 6.45) is 8.19. The second-order valence-electron chi connectivity index (χ2n) is 8.07. The summed E-state index contributed by atoms with van der Waals surface area (Å²) in [6.45, 7) is 8.35. The number of hydrogen-bond donors (Lipinski definition) is 0. The number of likely N-dealkylation sites (N-methyl/N-ethyl adjacent to an activating group) is 1. The Hall–Kier alpha value is -2.15. The van der Waals surface area contributed by atoms with Crippen molar-refractivity contribution in [2.24, 2.45) is 0 Å². The fraction of sp³-hybridized carbons (Fsp3) is 0.667. The zero-order chi connectivity index (χ0) is 19.5. The van der Waals surface area contributed by atoms with Crippen LogP contribution in [0.15, 0.2) is 12.7 Å². The SMILES string of the molecule is C=CC(=O)N1CCN(c2nc(OCC3CCCN3C)nc3c2CCCC3)CC1. The topological polar surface area (TPSA) is 61.8 Å². The molecule has 0 spiro atoms. The number of carbonyl (C=O) groups excluding carboxylic acids is 1. The number of hydrogen-bond acceptors (Lipinski definition) is 6. The average molecular weight is 386 g/mol. The van der Waals surface area contributed by atoms with Gasteiger partial charge in [-0.15, -0.1) is 0 Å². The van der Waals surface area contributed by atoms with E-state index in [0.717, 1.165) is 44.0 Å². The summed E-state index contributed by atoms with van der Waals surface area (Å²) in [6, 6.07) is 0.970. The van der Waals surface area contributed by atoms with Gasteiger partial charge in [0.25, 0.3) is 0 Å². The van der Waals surface area contributed by atoms with Gasteiger partial charge in [0.05, 0.1) is 5.69 Å². The molecule has 0 bridgehead atoms. The number of amides is 1. The van der Waals surface area contributed by atoms with Crippen LogP contribution in [0, 0.1) is 0 Å². The molecule has 7 nitrogen and oxygen atoms in total. The number of nitrogens with zero attached hydrogens (tertiary/aromatic N) is 5. The highest BCUT2D eigenvalue weighted by atomic mass is 16.5. The van der Waals surface area contributed by atoms with Crippen LogP contribution in [0.2, 0.25) is 0 Å². The molecule has 1 amide bonds. The van der Waals surface area contributed by atoms with Crippen molar-refractivity contribution in [3.8, 4) is 6.01 Å². The molecule has 0 radical (unpaired) electrons. The molecule has 1 atom stereocenters. The van der Waals surface area contributed by atoms with Crippen molar-refractivity contribution in [2.45, 2.75) is 44.6 Å². The molecule has 0 aromatic carbocycles. The molecule has 152 valence electrons. The molecule has 0 N–H and O–H groups in total. The number of aromatic nitrogens is 2. The summed E-state index contributed by atoms with van der Waals surface area (Å²) in [4.78, 5) is 28.0. The van der Waals surface area contributed by atoms with Gasteiger partial charge in [0.2, 0.25) is 5.91 Å². The highest BCUT2D eigenvalue weighted by Gasteiger charge is 2.27. The van der Waals surface area contributed by atoms with Crippen LogP contribution in [-0.2, 0) is 17.6 Å². The van der Waals surface area contributed by atoms with Gasteiger partial charge in [0.1, 0.15) is 12.4 Å². The smallest absolute Gasteiger partial charge is 0.318 e. The van der Waals surface area contributed by atoms with Crippen molar-refractivity contribution in [1.29, 1.82) is 0 Å². The molecule has 1 aromatic heterocycles. The Morgan fingerprint density at radius 3 is 2.64 bits per heavy atom. The van der Waals surface area contributed by atoms with Crippen molar-refractivity contribution in [3.05, 3.63) is 23.9 Å². The predicted molar refractivity (Wildman–Crippen MR) is 109 cm³/mol. The molecular weight excluding hydrogens is 354 g/mol. The number of aryl methyl sites for hydroxylation is 1. The van der Waals surface area contributed by atoms with Gasteiger partial charge in [-0.05, 0) is 58.2 Å². The summed E-state index contributed by atoms with van der Waals surface area (Å²) >= 11 is 0. The van der Waals surface area contributed by atoms with E-state index in [0.29, 0.717) is 31.7 Å². The first-order valence-electron chi connectivity index (χ1n) is 10.5. The van der Waals surface area contributed by atoms with E-state index in [1.165, 1.54) is 37.3 Å². The van der Waals surface area contributed by atoms with Crippen LogP contribution >= 0.6 is 0 Å². The molecule has 2 saturated heterocycles. The number of ether oxygens (including phenoxy) is 1. The van der Waals surface area contributed by atoms with Crippen LogP contribution < -0.4 is 9.64 Å². The lowest BCUT2D eigenvalue weighted by Crippen LogP contribution is -2.49. The second kappa shape index (κ2) is 8.47. The van der Waals surface area contributed by atoms with Gasteiger partial charge in [0.15, 0.2) is 0 Å². The Balaban J connectivity index is 1.50. The molecule has 2 aliphatic heterocycles. The third kappa shape index (κ3) is 3.99. The Bertz CT molecular complexity index is 730. The van der Waals surface area contributed by atoms with Gasteiger partial charge in [-0.3, -0.25) is 4.79 Å². The maximum atomic E-state index is 11.9. The van der Waals surface area contributed by atoms with Crippen LogP contribution in [0.4, 0.5) is 5.82 Å². The second-order valence-corrected chi connectivity index (χ2v) is 8.07. The number of fused-ring (bicyclic) bond motifs is 1. The zero-order valence-corrected chi connectivity index (χ0v) is 16.9. The van der Waals surface area contributed by atoms with E-state index in [2.05, 4.69) is 23.4 Å².